The second-order valence-corrected chi connectivity index (χ2v) is 4.12. The lowest BCUT2D eigenvalue weighted by Gasteiger charge is -2.04. The molecule has 1 aromatic carbocycles. The van der Waals surface area contributed by atoms with Crippen molar-refractivity contribution in [1.29, 1.82) is 0 Å². The smallest absolute Gasteiger partial charge is 0.251 e. The first-order valence-corrected chi connectivity index (χ1v) is 5.21. The zero-order valence-electron chi connectivity index (χ0n) is 8.72. The van der Waals surface area contributed by atoms with Gasteiger partial charge in [-0.2, -0.15) is 0 Å². The molecule has 0 radical (unpaired) electrons. The summed E-state index contributed by atoms with van der Waals surface area (Å²) in [7, 11) is 0. The fourth-order valence-electron chi connectivity index (χ4n) is 1.40. The summed E-state index contributed by atoms with van der Waals surface area (Å²) >= 11 is 0. The van der Waals surface area contributed by atoms with Crippen LogP contribution in [-0.4, -0.2) is 12.5 Å². The number of rotatable bonds is 3. The maximum absolute atomic E-state index is 13.2. The second-order valence-electron chi connectivity index (χ2n) is 4.12. The van der Waals surface area contributed by atoms with E-state index in [1.807, 2.05) is 0 Å². The van der Waals surface area contributed by atoms with Gasteiger partial charge < -0.3 is 5.32 Å². The van der Waals surface area contributed by atoms with Crippen LogP contribution in [0.4, 0.5) is 4.39 Å². The Kier molecular flexibility index (Phi) is 2.71. The highest BCUT2D eigenvalue weighted by Gasteiger charge is 2.21. The number of nitrogens with one attached hydrogen (secondary N) is 1. The van der Waals surface area contributed by atoms with E-state index in [2.05, 4.69) is 5.32 Å². The Bertz CT molecular complexity index is 385. The van der Waals surface area contributed by atoms with Crippen LogP contribution in [0.1, 0.15) is 28.8 Å². The van der Waals surface area contributed by atoms with E-state index in [9.17, 15) is 9.18 Å². The predicted octanol–water partition coefficient (Wildman–Crippen LogP) is 2.27. The van der Waals surface area contributed by atoms with E-state index >= 15 is 0 Å². The zero-order chi connectivity index (χ0) is 10.8. The van der Waals surface area contributed by atoms with Crippen molar-refractivity contribution >= 4 is 5.91 Å². The van der Waals surface area contributed by atoms with Crippen LogP contribution in [0, 0.1) is 18.7 Å². The van der Waals surface area contributed by atoms with E-state index in [0.29, 0.717) is 23.6 Å². The Morgan fingerprint density at radius 2 is 2.27 bits per heavy atom. The van der Waals surface area contributed by atoms with Gasteiger partial charge in [-0.1, -0.05) is 6.07 Å². The second kappa shape index (κ2) is 4.01. The van der Waals surface area contributed by atoms with Crippen molar-refractivity contribution < 1.29 is 9.18 Å². The van der Waals surface area contributed by atoms with Crippen LogP contribution in [-0.2, 0) is 0 Å². The minimum Gasteiger partial charge on any atom is -0.352 e. The first-order chi connectivity index (χ1) is 7.16. The number of aryl methyl sites for hydroxylation is 1. The highest BCUT2D eigenvalue weighted by atomic mass is 19.1. The third-order valence-electron chi connectivity index (χ3n) is 2.68. The maximum Gasteiger partial charge on any atom is 0.251 e. The van der Waals surface area contributed by atoms with E-state index in [-0.39, 0.29) is 11.7 Å². The molecule has 0 atom stereocenters. The van der Waals surface area contributed by atoms with Crippen molar-refractivity contribution in [3.05, 3.63) is 35.1 Å². The molecule has 0 heterocycles. The first-order valence-electron chi connectivity index (χ1n) is 5.21. The molecule has 1 aromatic rings. The average Bonchev–Trinajstić information content (AvgIpc) is 3.02. The van der Waals surface area contributed by atoms with E-state index < -0.39 is 0 Å². The number of hydrogen-bond acceptors (Lipinski definition) is 1. The van der Waals surface area contributed by atoms with Crippen molar-refractivity contribution in [3.63, 3.8) is 0 Å². The van der Waals surface area contributed by atoms with Crippen LogP contribution in [0.3, 0.4) is 0 Å². The summed E-state index contributed by atoms with van der Waals surface area (Å²) < 4.78 is 13.2. The number of carbonyl (C=O) groups excluding carboxylic acids is 1. The minimum absolute atomic E-state index is 0.180. The van der Waals surface area contributed by atoms with Gasteiger partial charge in [0, 0.05) is 12.1 Å². The first kappa shape index (κ1) is 10.1. The summed E-state index contributed by atoms with van der Waals surface area (Å²) in [5, 5.41) is 2.80. The van der Waals surface area contributed by atoms with Gasteiger partial charge in [-0.15, -0.1) is 0 Å². The number of halogens is 1. The lowest BCUT2D eigenvalue weighted by atomic mass is 10.1. The molecule has 3 heteroatoms. The predicted molar refractivity (Wildman–Crippen MR) is 56.2 cm³/mol. The zero-order valence-corrected chi connectivity index (χ0v) is 8.72. The Hall–Kier alpha value is -1.38. The number of amides is 1. The number of hydrogen-bond donors (Lipinski definition) is 1. The summed E-state index contributed by atoms with van der Waals surface area (Å²) in [6, 6.07) is 4.57. The summed E-state index contributed by atoms with van der Waals surface area (Å²) in [5.74, 6) is 0.138. The fraction of sp³-hybridized carbons (Fsp3) is 0.417. The Labute approximate surface area is 88.5 Å². The number of benzene rings is 1. The van der Waals surface area contributed by atoms with Crippen LogP contribution in [0.2, 0.25) is 0 Å². The normalized spacial score (nSPS) is 15.1. The monoisotopic (exact) mass is 207 g/mol. The van der Waals surface area contributed by atoms with Crippen molar-refractivity contribution in [2.75, 3.05) is 6.54 Å². The third kappa shape index (κ3) is 2.55. The van der Waals surface area contributed by atoms with Gasteiger partial charge in [0.2, 0.25) is 0 Å². The molecule has 80 valence electrons. The summed E-state index contributed by atoms with van der Waals surface area (Å²) in [4.78, 5) is 11.6. The van der Waals surface area contributed by atoms with Gasteiger partial charge >= 0.3 is 0 Å². The topological polar surface area (TPSA) is 29.1 Å². The molecule has 1 N–H and O–H groups in total. The molecule has 0 saturated heterocycles. The lowest BCUT2D eigenvalue weighted by Crippen LogP contribution is -2.25. The Morgan fingerprint density at radius 1 is 1.53 bits per heavy atom. The highest BCUT2D eigenvalue weighted by Crippen LogP contribution is 2.27. The highest BCUT2D eigenvalue weighted by molar-refractivity contribution is 5.94. The molecule has 1 aliphatic rings. The van der Waals surface area contributed by atoms with Gasteiger partial charge in [-0.3, -0.25) is 4.79 Å². The van der Waals surface area contributed by atoms with Crippen LogP contribution >= 0.6 is 0 Å². The molecular formula is C12H14FNO. The molecule has 0 bridgehead atoms. The Balaban J connectivity index is 2.00. The van der Waals surface area contributed by atoms with Gasteiger partial charge in [0.1, 0.15) is 5.82 Å². The molecule has 2 rings (SSSR count). The molecule has 1 amide bonds. The van der Waals surface area contributed by atoms with E-state index in [1.54, 1.807) is 19.1 Å². The SMILES string of the molecule is Cc1ccc(C(=O)NCC2CC2)cc1F. The van der Waals surface area contributed by atoms with Crippen LogP contribution < -0.4 is 5.32 Å². The third-order valence-corrected chi connectivity index (χ3v) is 2.68. The van der Waals surface area contributed by atoms with Gasteiger partial charge in [0.05, 0.1) is 0 Å². The van der Waals surface area contributed by atoms with Crippen LogP contribution in [0.15, 0.2) is 18.2 Å². The lowest BCUT2D eigenvalue weighted by molar-refractivity contribution is 0.0951. The van der Waals surface area contributed by atoms with Crippen molar-refractivity contribution in [1.82, 2.24) is 5.32 Å². The van der Waals surface area contributed by atoms with E-state index in [4.69, 9.17) is 0 Å². The van der Waals surface area contributed by atoms with Gasteiger partial charge in [0.15, 0.2) is 0 Å². The van der Waals surface area contributed by atoms with Gasteiger partial charge in [-0.05, 0) is 43.4 Å². The molecule has 15 heavy (non-hydrogen) atoms. The summed E-state index contributed by atoms with van der Waals surface area (Å²) in [5.41, 5.74) is 0.965. The quantitative estimate of drug-likeness (QED) is 0.809. The van der Waals surface area contributed by atoms with Crippen molar-refractivity contribution in [2.24, 2.45) is 5.92 Å². The molecule has 0 spiro atoms. The van der Waals surface area contributed by atoms with Crippen LogP contribution in [0.5, 0.6) is 0 Å². The molecule has 0 aromatic heterocycles. The van der Waals surface area contributed by atoms with Crippen molar-refractivity contribution in [3.8, 4) is 0 Å². The molecule has 2 nitrogen and oxygen atoms in total. The van der Waals surface area contributed by atoms with Gasteiger partial charge in [0.25, 0.3) is 5.91 Å². The molecule has 0 aliphatic heterocycles. The van der Waals surface area contributed by atoms with Crippen LogP contribution in [0.25, 0.3) is 0 Å². The fourth-order valence-corrected chi connectivity index (χ4v) is 1.40. The van der Waals surface area contributed by atoms with E-state index in [1.165, 1.54) is 18.9 Å². The molecule has 1 fully saturated rings. The van der Waals surface area contributed by atoms with Gasteiger partial charge in [-0.25, -0.2) is 4.39 Å². The summed E-state index contributed by atoms with van der Waals surface area (Å²) in [6.45, 7) is 2.40. The molecular weight excluding hydrogens is 193 g/mol. The Morgan fingerprint density at radius 3 is 2.87 bits per heavy atom. The number of carbonyl (C=O) groups is 1. The molecule has 0 unspecified atom stereocenters. The molecule has 1 aliphatic carbocycles. The summed E-state index contributed by atoms with van der Waals surface area (Å²) in [6.07, 6.45) is 2.39. The molecule has 1 saturated carbocycles. The van der Waals surface area contributed by atoms with Crippen molar-refractivity contribution in [2.45, 2.75) is 19.8 Å². The largest absolute Gasteiger partial charge is 0.352 e. The minimum atomic E-state index is -0.325. The average molecular weight is 207 g/mol. The maximum atomic E-state index is 13.2. The van der Waals surface area contributed by atoms with E-state index in [0.717, 1.165) is 0 Å². The standard InChI is InChI=1S/C12H14FNO/c1-8-2-5-10(6-11(8)13)12(15)14-7-9-3-4-9/h2,5-6,9H,3-4,7H2,1H3,(H,14,15).